The van der Waals surface area contributed by atoms with E-state index < -0.39 is 0 Å². The predicted octanol–water partition coefficient (Wildman–Crippen LogP) is 2.05. The van der Waals surface area contributed by atoms with Gasteiger partial charge in [-0.15, -0.1) is 0 Å². The van der Waals surface area contributed by atoms with Crippen molar-refractivity contribution in [1.82, 2.24) is 9.55 Å². The van der Waals surface area contributed by atoms with Crippen molar-refractivity contribution in [3.05, 3.63) is 22.1 Å². The summed E-state index contributed by atoms with van der Waals surface area (Å²) in [5.41, 5.74) is 0.715. The molecule has 1 unspecified atom stereocenters. The second kappa shape index (κ2) is 5.20. The normalized spacial score (nSPS) is 24.4. The zero-order valence-corrected chi connectivity index (χ0v) is 12.2. The molecule has 5 nitrogen and oxygen atoms in total. The van der Waals surface area contributed by atoms with Crippen LogP contribution >= 0.6 is 0 Å². The Bertz CT molecular complexity index is 547. The lowest BCUT2D eigenvalue weighted by Crippen LogP contribution is -2.31. The van der Waals surface area contributed by atoms with Gasteiger partial charge in [-0.1, -0.05) is 12.8 Å². The summed E-state index contributed by atoms with van der Waals surface area (Å²) < 4.78 is 13.1. The molecule has 1 aliphatic heterocycles. The van der Waals surface area contributed by atoms with Crippen molar-refractivity contribution in [1.29, 1.82) is 0 Å². The molecule has 110 valence electrons. The number of ether oxygens (including phenoxy) is 2. The topological polar surface area (TPSA) is 53.3 Å². The van der Waals surface area contributed by atoms with Crippen molar-refractivity contribution in [2.24, 2.45) is 0 Å². The summed E-state index contributed by atoms with van der Waals surface area (Å²) in [4.78, 5) is 16.4. The van der Waals surface area contributed by atoms with E-state index in [1.165, 1.54) is 25.7 Å². The lowest BCUT2D eigenvalue weighted by Gasteiger charge is -2.24. The quantitative estimate of drug-likeness (QED) is 0.849. The Kier molecular flexibility index (Phi) is 3.54. The molecular weight excluding hydrogens is 256 g/mol. The fourth-order valence-electron chi connectivity index (χ4n) is 3.53. The van der Waals surface area contributed by atoms with E-state index in [-0.39, 0.29) is 17.3 Å². The van der Waals surface area contributed by atoms with Crippen molar-refractivity contribution < 1.29 is 9.47 Å². The van der Waals surface area contributed by atoms with Crippen LogP contribution < -0.4 is 10.3 Å². The Balaban J connectivity index is 1.77. The molecule has 0 bridgehead atoms. The molecule has 0 amide bonds. The third-order valence-electron chi connectivity index (χ3n) is 4.52. The molecule has 2 aliphatic rings. The average molecular weight is 278 g/mol. The van der Waals surface area contributed by atoms with E-state index in [0.29, 0.717) is 18.2 Å². The maximum atomic E-state index is 12.1. The highest BCUT2D eigenvalue weighted by Gasteiger charge is 2.42. The fourth-order valence-corrected chi connectivity index (χ4v) is 3.53. The monoisotopic (exact) mass is 278 g/mol. The Morgan fingerprint density at radius 3 is 2.90 bits per heavy atom. The van der Waals surface area contributed by atoms with Gasteiger partial charge in [0.25, 0.3) is 11.6 Å². The molecule has 3 rings (SSSR count). The maximum absolute atomic E-state index is 12.1. The molecule has 2 fully saturated rings. The minimum absolute atomic E-state index is 0.0645. The molecule has 0 radical (unpaired) electrons. The number of aryl methyl sites for hydroxylation is 1. The molecule has 20 heavy (non-hydrogen) atoms. The third kappa shape index (κ3) is 2.46. The molecular formula is C15H22N2O3. The standard InChI is InChI=1S/C15H22N2O3/c1-11-9-13(18)17(14(16-11)19-2)10-12-5-8-15(20-12)6-3-4-7-15/h9,12H,3-8,10H2,1-2H3. The van der Waals surface area contributed by atoms with Gasteiger partial charge in [0.1, 0.15) is 0 Å². The van der Waals surface area contributed by atoms with Crippen LogP contribution in [0.25, 0.3) is 0 Å². The fraction of sp³-hybridized carbons (Fsp3) is 0.733. The smallest absolute Gasteiger partial charge is 0.299 e. The number of aromatic nitrogens is 2. The highest BCUT2D eigenvalue weighted by Crippen LogP contribution is 2.43. The van der Waals surface area contributed by atoms with Crippen LogP contribution in [0.15, 0.2) is 10.9 Å². The van der Waals surface area contributed by atoms with Crippen LogP contribution in [0.4, 0.5) is 0 Å². The van der Waals surface area contributed by atoms with Crippen LogP contribution in [0.3, 0.4) is 0 Å². The third-order valence-corrected chi connectivity index (χ3v) is 4.52. The number of rotatable bonds is 3. The van der Waals surface area contributed by atoms with Gasteiger partial charge in [-0.2, -0.15) is 0 Å². The first-order valence-corrected chi connectivity index (χ1v) is 7.42. The summed E-state index contributed by atoms with van der Waals surface area (Å²) in [5.74, 6) is 0. The summed E-state index contributed by atoms with van der Waals surface area (Å²) in [6.45, 7) is 2.34. The summed E-state index contributed by atoms with van der Waals surface area (Å²) >= 11 is 0. The van der Waals surface area contributed by atoms with Crippen LogP contribution in [0.2, 0.25) is 0 Å². The van der Waals surface area contributed by atoms with Crippen molar-refractivity contribution in [2.75, 3.05) is 7.11 Å². The second-order valence-corrected chi connectivity index (χ2v) is 6.00. The highest BCUT2D eigenvalue weighted by molar-refractivity contribution is 5.07. The maximum Gasteiger partial charge on any atom is 0.299 e. The molecule has 1 aromatic heterocycles. The van der Waals surface area contributed by atoms with Gasteiger partial charge in [0.05, 0.1) is 25.4 Å². The number of methoxy groups -OCH3 is 1. The average Bonchev–Trinajstić information content (AvgIpc) is 3.03. The van der Waals surface area contributed by atoms with Crippen LogP contribution in [0.5, 0.6) is 6.01 Å². The van der Waals surface area contributed by atoms with Gasteiger partial charge in [-0.05, 0) is 32.6 Å². The zero-order valence-electron chi connectivity index (χ0n) is 12.2. The molecule has 1 spiro atoms. The van der Waals surface area contributed by atoms with E-state index in [4.69, 9.17) is 9.47 Å². The van der Waals surface area contributed by atoms with Crippen molar-refractivity contribution in [3.8, 4) is 6.01 Å². The van der Waals surface area contributed by atoms with Gasteiger partial charge in [-0.3, -0.25) is 9.36 Å². The zero-order chi connectivity index (χ0) is 14.2. The van der Waals surface area contributed by atoms with Crippen LogP contribution in [-0.4, -0.2) is 28.4 Å². The molecule has 0 aromatic carbocycles. The number of nitrogens with zero attached hydrogens (tertiary/aromatic N) is 2. The first-order chi connectivity index (χ1) is 9.62. The van der Waals surface area contributed by atoms with Crippen LogP contribution in [0, 0.1) is 6.92 Å². The molecule has 1 aliphatic carbocycles. The van der Waals surface area contributed by atoms with E-state index in [1.807, 2.05) is 0 Å². The van der Waals surface area contributed by atoms with E-state index in [0.717, 1.165) is 12.8 Å². The van der Waals surface area contributed by atoms with Gasteiger partial charge < -0.3 is 9.47 Å². The minimum Gasteiger partial charge on any atom is -0.468 e. The molecule has 1 saturated heterocycles. The van der Waals surface area contributed by atoms with E-state index >= 15 is 0 Å². The van der Waals surface area contributed by atoms with Gasteiger partial charge in [0, 0.05) is 11.8 Å². The van der Waals surface area contributed by atoms with Gasteiger partial charge in [0.2, 0.25) is 0 Å². The Morgan fingerprint density at radius 2 is 2.20 bits per heavy atom. The lowest BCUT2D eigenvalue weighted by molar-refractivity contribution is -0.0428. The summed E-state index contributed by atoms with van der Waals surface area (Å²) in [7, 11) is 1.55. The summed E-state index contributed by atoms with van der Waals surface area (Å²) in [6, 6.07) is 1.92. The Labute approximate surface area is 118 Å². The van der Waals surface area contributed by atoms with Crippen molar-refractivity contribution >= 4 is 0 Å². The van der Waals surface area contributed by atoms with E-state index in [2.05, 4.69) is 4.98 Å². The van der Waals surface area contributed by atoms with Gasteiger partial charge in [0.15, 0.2) is 0 Å². The van der Waals surface area contributed by atoms with Crippen molar-refractivity contribution in [2.45, 2.75) is 63.7 Å². The molecule has 1 saturated carbocycles. The molecule has 1 atom stereocenters. The predicted molar refractivity (Wildman–Crippen MR) is 75.1 cm³/mol. The van der Waals surface area contributed by atoms with Gasteiger partial charge in [-0.25, -0.2) is 4.98 Å². The summed E-state index contributed by atoms with van der Waals surface area (Å²) in [6.07, 6.45) is 7.11. The number of hydrogen-bond acceptors (Lipinski definition) is 4. The number of hydrogen-bond donors (Lipinski definition) is 0. The Morgan fingerprint density at radius 1 is 1.45 bits per heavy atom. The first-order valence-electron chi connectivity index (χ1n) is 7.42. The second-order valence-electron chi connectivity index (χ2n) is 6.00. The van der Waals surface area contributed by atoms with Crippen molar-refractivity contribution in [3.63, 3.8) is 0 Å². The lowest BCUT2D eigenvalue weighted by atomic mass is 9.98. The molecule has 0 N–H and O–H groups in total. The van der Waals surface area contributed by atoms with E-state index in [9.17, 15) is 4.79 Å². The largest absolute Gasteiger partial charge is 0.468 e. The van der Waals surface area contributed by atoms with Crippen LogP contribution in [-0.2, 0) is 11.3 Å². The summed E-state index contributed by atoms with van der Waals surface area (Å²) in [5, 5.41) is 0. The SMILES string of the molecule is COc1nc(C)cc(=O)n1CC1CCC2(CCCC2)O1. The van der Waals surface area contributed by atoms with Gasteiger partial charge >= 0.3 is 0 Å². The van der Waals surface area contributed by atoms with E-state index in [1.54, 1.807) is 24.7 Å². The van der Waals surface area contributed by atoms with Crippen LogP contribution in [0.1, 0.15) is 44.2 Å². The Hall–Kier alpha value is -1.36. The minimum atomic E-state index is -0.0645. The molecule has 5 heteroatoms. The molecule has 2 heterocycles. The molecule has 1 aromatic rings. The first kappa shape index (κ1) is 13.6. The highest BCUT2D eigenvalue weighted by atomic mass is 16.5.